The molecular formula is C19H20N4O4. The monoisotopic (exact) mass is 368 g/mol. The highest BCUT2D eigenvalue weighted by Crippen LogP contribution is 2.26. The molecule has 1 saturated heterocycles. The number of amides is 1. The van der Waals surface area contributed by atoms with E-state index in [1.807, 2.05) is 0 Å². The second kappa shape index (κ2) is 6.86. The Balaban J connectivity index is 1.64. The minimum Gasteiger partial charge on any atom is -0.497 e. The molecule has 1 aromatic carbocycles. The van der Waals surface area contributed by atoms with E-state index >= 15 is 0 Å². The molecule has 3 aromatic rings. The number of carbonyl (C=O) groups is 1. The zero-order valence-electron chi connectivity index (χ0n) is 15.2. The van der Waals surface area contributed by atoms with Crippen molar-refractivity contribution in [3.05, 3.63) is 51.9 Å². The Morgan fingerprint density at radius 3 is 3.00 bits per heavy atom. The fraction of sp³-hybridized carbons (Fsp3) is 0.368. The third-order valence-corrected chi connectivity index (χ3v) is 4.94. The number of aryl methyl sites for hydroxylation is 1. The second-order valence-electron chi connectivity index (χ2n) is 6.70. The van der Waals surface area contributed by atoms with Crippen molar-refractivity contribution in [3.8, 4) is 5.75 Å². The normalized spacial score (nSPS) is 17.3. The molecule has 1 atom stereocenters. The van der Waals surface area contributed by atoms with Crippen molar-refractivity contribution < 1.29 is 14.1 Å². The summed E-state index contributed by atoms with van der Waals surface area (Å²) in [5, 5.41) is 4.41. The molecule has 3 heterocycles. The van der Waals surface area contributed by atoms with E-state index in [2.05, 4.69) is 15.1 Å². The summed E-state index contributed by atoms with van der Waals surface area (Å²) in [6.07, 6.45) is 3.19. The van der Waals surface area contributed by atoms with E-state index in [4.69, 9.17) is 9.26 Å². The Bertz CT molecular complexity index is 1060. The third-order valence-electron chi connectivity index (χ3n) is 4.94. The molecule has 8 heteroatoms. The van der Waals surface area contributed by atoms with E-state index in [1.54, 1.807) is 30.0 Å². The first-order valence-electron chi connectivity index (χ1n) is 8.85. The number of aromatic nitrogens is 3. The predicted molar refractivity (Wildman–Crippen MR) is 98.0 cm³/mol. The van der Waals surface area contributed by atoms with Crippen molar-refractivity contribution in [2.45, 2.75) is 25.7 Å². The molecule has 8 nitrogen and oxygen atoms in total. The lowest BCUT2D eigenvalue weighted by atomic mass is 9.96. The number of likely N-dealkylation sites (tertiary alicyclic amines) is 1. The molecule has 140 valence electrons. The lowest BCUT2D eigenvalue weighted by Gasteiger charge is -2.31. The molecule has 1 amide bonds. The van der Waals surface area contributed by atoms with E-state index in [-0.39, 0.29) is 22.8 Å². The van der Waals surface area contributed by atoms with Crippen molar-refractivity contribution in [2.24, 2.45) is 0 Å². The largest absolute Gasteiger partial charge is 0.497 e. The van der Waals surface area contributed by atoms with Gasteiger partial charge in [-0.05, 0) is 31.0 Å². The highest BCUT2D eigenvalue weighted by Gasteiger charge is 2.29. The minimum atomic E-state index is -0.301. The van der Waals surface area contributed by atoms with Gasteiger partial charge >= 0.3 is 0 Å². The average molecular weight is 368 g/mol. The summed E-state index contributed by atoms with van der Waals surface area (Å²) in [5.74, 6) is 1.42. The van der Waals surface area contributed by atoms with Crippen LogP contribution in [0, 0.1) is 6.92 Å². The lowest BCUT2D eigenvalue weighted by Crippen LogP contribution is -2.41. The summed E-state index contributed by atoms with van der Waals surface area (Å²) < 4.78 is 10.2. The molecule has 0 radical (unpaired) electrons. The van der Waals surface area contributed by atoms with Crippen LogP contribution in [0.15, 0.2) is 33.7 Å². The maximum atomic E-state index is 13.0. The number of fused-ring (bicyclic) bond motifs is 1. The summed E-state index contributed by atoms with van der Waals surface area (Å²) >= 11 is 0. The molecule has 1 fully saturated rings. The zero-order valence-corrected chi connectivity index (χ0v) is 15.2. The molecule has 1 unspecified atom stereocenters. The quantitative estimate of drug-likeness (QED) is 0.761. The number of H-pyrrole nitrogens is 1. The molecule has 0 saturated carbocycles. The minimum absolute atomic E-state index is 0.0137. The number of benzene rings is 1. The van der Waals surface area contributed by atoms with E-state index in [1.165, 1.54) is 13.3 Å². The fourth-order valence-corrected chi connectivity index (χ4v) is 3.51. The van der Waals surface area contributed by atoms with Crippen LogP contribution in [0.5, 0.6) is 5.75 Å². The van der Waals surface area contributed by atoms with Gasteiger partial charge in [0.2, 0.25) is 11.3 Å². The standard InChI is InChI=1S/C19H20N4O4/c1-11-21-18(22-27-11)12-4-3-7-23(10-12)19(25)15-9-20-16-6-5-13(26-2)8-14(16)17(15)24/h5-6,8-9,12H,3-4,7,10H2,1-2H3,(H,20,24). The summed E-state index contributed by atoms with van der Waals surface area (Å²) in [6.45, 7) is 2.81. The van der Waals surface area contributed by atoms with Crippen LogP contribution in [0.3, 0.4) is 0 Å². The SMILES string of the molecule is COc1ccc2[nH]cc(C(=O)N3CCCC(c4noc(C)n4)C3)c(=O)c2c1. The molecule has 1 aliphatic rings. The summed E-state index contributed by atoms with van der Waals surface area (Å²) in [4.78, 5) is 34.9. The van der Waals surface area contributed by atoms with E-state index in [0.717, 1.165) is 12.8 Å². The Hall–Kier alpha value is -3.16. The molecule has 27 heavy (non-hydrogen) atoms. The van der Waals surface area contributed by atoms with Crippen LogP contribution in [0.2, 0.25) is 0 Å². The van der Waals surface area contributed by atoms with Crippen molar-refractivity contribution in [1.82, 2.24) is 20.0 Å². The second-order valence-corrected chi connectivity index (χ2v) is 6.70. The number of piperidine rings is 1. The van der Waals surface area contributed by atoms with Gasteiger partial charge in [0.05, 0.1) is 7.11 Å². The van der Waals surface area contributed by atoms with Crippen LogP contribution in [0.4, 0.5) is 0 Å². The van der Waals surface area contributed by atoms with E-state index in [0.29, 0.717) is 41.5 Å². The van der Waals surface area contributed by atoms with Gasteiger partial charge in [0.25, 0.3) is 5.91 Å². The van der Waals surface area contributed by atoms with Gasteiger partial charge in [0.1, 0.15) is 11.3 Å². The van der Waals surface area contributed by atoms with Crippen LogP contribution in [0.25, 0.3) is 10.9 Å². The number of ether oxygens (including phenoxy) is 1. The van der Waals surface area contributed by atoms with Gasteiger partial charge in [-0.1, -0.05) is 5.16 Å². The number of rotatable bonds is 3. The van der Waals surface area contributed by atoms with Crippen molar-refractivity contribution in [1.29, 1.82) is 0 Å². The highest BCUT2D eigenvalue weighted by atomic mass is 16.5. The first-order chi connectivity index (χ1) is 13.1. The van der Waals surface area contributed by atoms with Crippen LogP contribution >= 0.6 is 0 Å². The lowest BCUT2D eigenvalue weighted by molar-refractivity contribution is 0.0702. The van der Waals surface area contributed by atoms with Crippen LogP contribution in [-0.4, -0.2) is 46.1 Å². The van der Waals surface area contributed by atoms with Crippen molar-refractivity contribution in [2.75, 3.05) is 20.2 Å². The Labute approximate surface area is 155 Å². The van der Waals surface area contributed by atoms with Crippen LogP contribution in [0.1, 0.15) is 40.8 Å². The number of carbonyl (C=O) groups excluding carboxylic acids is 1. The Kier molecular flexibility index (Phi) is 4.39. The molecule has 0 bridgehead atoms. The fourth-order valence-electron chi connectivity index (χ4n) is 3.51. The number of aromatic amines is 1. The first-order valence-corrected chi connectivity index (χ1v) is 8.85. The molecule has 0 spiro atoms. The molecular weight excluding hydrogens is 348 g/mol. The maximum Gasteiger partial charge on any atom is 0.259 e. The topological polar surface area (TPSA) is 101 Å². The summed E-state index contributed by atoms with van der Waals surface area (Å²) in [7, 11) is 1.54. The van der Waals surface area contributed by atoms with Gasteiger partial charge in [-0.2, -0.15) is 4.98 Å². The predicted octanol–water partition coefficient (Wildman–Crippen LogP) is 2.25. The molecule has 2 aromatic heterocycles. The number of pyridine rings is 1. The number of hydrogen-bond acceptors (Lipinski definition) is 6. The average Bonchev–Trinajstić information content (AvgIpc) is 3.14. The van der Waals surface area contributed by atoms with Gasteiger partial charge in [0.15, 0.2) is 5.82 Å². The molecule has 1 N–H and O–H groups in total. The van der Waals surface area contributed by atoms with Gasteiger partial charge in [-0.15, -0.1) is 0 Å². The number of hydrogen-bond donors (Lipinski definition) is 1. The molecule has 4 rings (SSSR count). The first kappa shape index (κ1) is 17.3. The van der Waals surface area contributed by atoms with Crippen molar-refractivity contribution >= 4 is 16.8 Å². The zero-order chi connectivity index (χ0) is 19.0. The smallest absolute Gasteiger partial charge is 0.259 e. The molecule has 1 aliphatic heterocycles. The van der Waals surface area contributed by atoms with Gasteiger partial charge < -0.3 is 19.1 Å². The van der Waals surface area contributed by atoms with Crippen LogP contribution in [-0.2, 0) is 0 Å². The van der Waals surface area contributed by atoms with E-state index < -0.39 is 0 Å². The van der Waals surface area contributed by atoms with E-state index in [9.17, 15) is 9.59 Å². The third kappa shape index (κ3) is 3.18. The Morgan fingerprint density at radius 2 is 2.26 bits per heavy atom. The number of nitrogens with zero attached hydrogens (tertiary/aromatic N) is 3. The number of methoxy groups -OCH3 is 1. The summed E-state index contributed by atoms with van der Waals surface area (Å²) in [5.41, 5.74) is 0.488. The van der Waals surface area contributed by atoms with Gasteiger partial charge in [-0.3, -0.25) is 9.59 Å². The van der Waals surface area contributed by atoms with Crippen LogP contribution < -0.4 is 10.2 Å². The van der Waals surface area contributed by atoms with Gasteiger partial charge in [0, 0.05) is 43.0 Å². The molecule has 0 aliphatic carbocycles. The summed E-state index contributed by atoms with van der Waals surface area (Å²) in [6, 6.07) is 5.17. The highest BCUT2D eigenvalue weighted by molar-refractivity contribution is 5.97. The van der Waals surface area contributed by atoms with Gasteiger partial charge in [-0.25, -0.2) is 0 Å². The maximum absolute atomic E-state index is 13.0. The van der Waals surface area contributed by atoms with Crippen molar-refractivity contribution in [3.63, 3.8) is 0 Å². The Morgan fingerprint density at radius 1 is 1.41 bits per heavy atom. The number of nitrogens with one attached hydrogen (secondary N) is 1.